The third-order valence-corrected chi connectivity index (χ3v) is 19.5. The van der Waals surface area contributed by atoms with Gasteiger partial charge in [0.25, 0.3) is 0 Å². The van der Waals surface area contributed by atoms with Crippen LogP contribution in [0.3, 0.4) is 0 Å². The van der Waals surface area contributed by atoms with Gasteiger partial charge in [0.1, 0.15) is 64.0 Å². The van der Waals surface area contributed by atoms with Crippen molar-refractivity contribution in [3.05, 3.63) is 169 Å². The third kappa shape index (κ3) is 64.4. The van der Waals surface area contributed by atoms with Crippen LogP contribution < -0.4 is 4.74 Å². The summed E-state index contributed by atoms with van der Waals surface area (Å²) in [5.41, 5.74) is 0.555. The molecule has 688 valence electrons. The van der Waals surface area contributed by atoms with E-state index in [0.29, 0.717) is 135 Å². The van der Waals surface area contributed by atoms with Gasteiger partial charge in [-0.05, 0) is 145 Å². The number of esters is 8. The molecular formula is C95H153NO25. The molecule has 4 unspecified atom stereocenters. The molecule has 1 aromatic carbocycles. The maximum atomic E-state index is 11.1. The summed E-state index contributed by atoms with van der Waals surface area (Å²) in [6.45, 7) is 71.1. The van der Waals surface area contributed by atoms with Crippen LogP contribution >= 0.6 is 0 Å². The van der Waals surface area contributed by atoms with Crippen LogP contribution in [-0.4, -0.2) is 203 Å². The number of allylic oxidation sites excluding steroid dienone is 1. The second kappa shape index (κ2) is 79.4. The summed E-state index contributed by atoms with van der Waals surface area (Å²) in [4.78, 5) is 97.4. The highest BCUT2D eigenvalue weighted by Gasteiger charge is 2.62. The molecule has 2 aliphatic carbocycles. The van der Waals surface area contributed by atoms with Gasteiger partial charge >= 0.3 is 47.8 Å². The van der Waals surface area contributed by atoms with Crippen molar-refractivity contribution in [2.24, 2.45) is 34.0 Å². The van der Waals surface area contributed by atoms with E-state index < -0.39 is 23.9 Å². The zero-order valence-corrected chi connectivity index (χ0v) is 75.6. The highest BCUT2D eigenvalue weighted by atomic mass is 16.7. The van der Waals surface area contributed by atoms with Crippen molar-refractivity contribution in [2.45, 2.75) is 210 Å². The van der Waals surface area contributed by atoms with Gasteiger partial charge in [0.2, 0.25) is 5.91 Å². The number of fused-ring (bicyclic) bond motifs is 2. The van der Waals surface area contributed by atoms with E-state index in [2.05, 4.69) is 135 Å². The Bertz CT molecular complexity index is 3040. The lowest BCUT2D eigenvalue weighted by Gasteiger charge is -2.38. The number of unbranched alkanes of at least 4 members (excludes halogenated alkanes) is 2. The standard InChI is InChI=1S/C14H22O.C12H22O2.C11H12O3.C10H16O4.C9H16O4.C9H16O2.C8H13NO.C8H12O3.C7H12O3.C7H12O2/c1-6-10(2)15-12-9-11-7-8-14(12,5)13(11,3)4;1-4-11(5-2)9-7-8-10-14-12(13)6-3;1-2-11(12)14-9-8-13-10-6-4-3-5-7-10;1-3-9(11)14-7-10(4-2)5-12-8-13-6-10;1-3-9(10)13-8-7-12-6-5-11-4-2;1-4-9(10)11-7-5-6-8(2)3;1-2-9-7-5-3-4-6-8(9)10;1-2-8(9)11-6-7-4-3-5-10-7;1-3-7(8)10-6-5-9-4-2;1-3-5-6-9-7(8)4-2/h6,11-12H,1-2,7-9H2,3-5H3;6,11H,3-5,7-10H2,1-2H3;2-7H,1,8-9H2;3H,1,4-8H2,2H3;3H,1,4-8H2,2H3;4,8H,1,5-7H2,2-3H3;2H,1,3-7H2;2,7H,1,3-6H2;3H,1,4-6H2,2H3;4H,2-3,5-6H2,1H3. The minimum Gasteiger partial charge on any atom is -0.490 e. The van der Waals surface area contributed by atoms with Crippen molar-refractivity contribution in [3.63, 3.8) is 0 Å². The largest absolute Gasteiger partial charge is 0.490 e. The third-order valence-electron chi connectivity index (χ3n) is 19.5. The van der Waals surface area contributed by atoms with Crippen LogP contribution in [0.4, 0.5) is 0 Å². The number of rotatable bonds is 46. The van der Waals surface area contributed by atoms with Crippen LogP contribution in [0.1, 0.15) is 198 Å². The maximum absolute atomic E-state index is 11.1. The first-order valence-corrected chi connectivity index (χ1v) is 42.4. The van der Waals surface area contributed by atoms with Crippen molar-refractivity contribution in [1.82, 2.24) is 4.90 Å². The number of hydrogen-bond donors (Lipinski definition) is 0. The fraction of sp³-hybridized carbons (Fsp3) is 0.611. The number of ether oxygens (including phenoxy) is 16. The van der Waals surface area contributed by atoms with E-state index in [1.165, 1.54) is 63.2 Å². The van der Waals surface area contributed by atoms with Gasteiger partial charge in [0, 0.05) is 86.8 Å². The molecular weight excluding hydrogens is 1560 g/mol. The number of carbonyl (C=O) groups excluding carboxylic acids is 9. The number of para-hydroxylation sites is 1. The SMILES string of the molecule is C=CC(=C)OC1CC2CCC1(C)C2(C)C.C=CC(=O)OCC1(CC)COCOC1.C=CC(=O)OCC1CCCO1.C=CC(=O)OCCCC.C=CC(=O)OCCCC(C)C.C=CC(=O)OCCCCC(CC)CC.C=CC(=O)OCCOCC.C=CC(=O)OCCOCCOCC.C=CC(=O)OCCOc1ccccc1.C=CN1CCCCCC1=O. The summed E-state index contributed by atoms with van der Waals surface area (Å²) < 4.78 is 80.1. The lowest BCUT2D eigenvalue weighted by atomic mass is 9.70. The van der Waals surface area contributed by atoms with E-state index in [4.69, 9.17) is 61.6 Å². The molecule has 0 spiro atoms. The fourth-order valence-electron chi connectivity index (χ4n) is 11.5. The van der Waals surface area contributed by atoms with Crippen molar-refractivity contribution < 1.29 is 119 Å². The van der Waals surface area contributed by atoms with Crippen LogP contribution in [0, 0.1) is 34.0 Å². The zero-order valence-electron chi connectivity index (χ0n) is 75.6. The van der Waals surface area contributed by atoms with Crippen LogP contribution in [0.15, 0.2) is 169 Å². The lowest BCUT2D eigenvalue weighted by Crippen LogP contribution is -2.41. The molecule has 1 aromatic rings. The van der Waals surface area contributed by atoms with Crippen molar-refractivity contribution in [1.29, 1.82) is 0 Å². The molecule has 26 heteroatoms. The number of hydrogen-bond acceptors (Lipinski definition) is 25. The van der Waals surface area contributed by atoms with Crippen molar-refractivity contribution >= 4 is 53.7 Å². The summed E-state index contributed by atoms with van der Waals surface area (Å²) >= 11 is 0. The first kappa shape index (κ1) is 118. The van der Waals surface area contributed by atoms with E-state index in [0.717, 1.165) is 138 Å². The number of likely N-dealkylation sites (tertiary alicyclic amines) is 1. The van der Waals surface area contributed by atoms with Crippen LogP contribution in [0.25, 0.3) is 0 Å². The van der Waals surface area contributed by atoms with Gasteiger partial charge in [-0.1, -0.05) is 185 Å². The smallest absolute Gasteiger partial charge is 0.330 e. The molecule has 4 atom stereocenters. The van der Waals surface area contributed by atoms with Crippen molar-refractivity contribution in [2.75, 3.05) is 132 Å². The first-order chi connectivity index (χ1) is 58.0. The van der Waals surface area contributed by atoms with E-state index >= 15 is 0 Å². The Balaban J connectivity index is -0.000000631. The average Bonchev–Trinajstić information content (AvgIpc) is 1.56. The van der Waals surface area contributed by atoms with Crippen LogP contribution in [0.2, 0.25) is 0 Å². The topological polar surface area (TPSA) is 305 Å². The highest BCUT2D eigenvalue weighted by Crippen LogP contribution is 2.66. The Kier molecular flexibility index (Phi) is 77.6. The first-order valence-electron chi connectivity index (χ1n) is 42.4. The molecule has 2 saturated carbocycles. The van der Waals surface area contributed by atoms with Gasteiger partial charge in [-0.2, -0.15) is 0 Å². The van der Waals surface area contributed by atoms with E-state index in [9.17, 15) is 43.2 Å². The normalized spacial score (nSPS) is 16.8. The molecule has 0 aromatic heterocycles. The second-order valence-corrected chi connectivity index (χ2v) is 28.9. The van der Waals surface area contributed by atoms with Crippen LogP contribution in [-0.2, 0) is 114 Å². The fourth-order valence-corrected chi connectivity index (χ4v) is 11.5. The molecule has 26 nitrogen and oxygen atoms in total. The summed E-state index contributed by atoms with van der Waals surface area (Å²) in [6.07, 6.45) is 33.8. The van der Waals surface area contributed by atoms with E-state index in [-0.39, 0.29) is 54.5 Å². The number of carbonyl (C=O) groups is 9. The summed E-state index contributed by atoms with van der Waals surface area (Å²) in [7, 11) is 0. The quantitative estimate of drug-likeness (QED) is 0.0146. The molecule has 1 amide bonds. The zero-order chi connectivity index (χ0) is 91.8. The van der Waals surface area contributed by atoms with Crippen molar-refractivity contribution in [3.8, 4) is 5.75 Å². The van der Waals surface area contributed by atoms with Gasteiger partial charge in [-0.3, -0.25) is 4.79 Å². The van der Waals surface area contributed by atoms with Gasteiger partial charge in [0.05, 0.1) is 71.0 Å². The lowest BCUT2D eigenvalue weighted by molar-refractivity contribution is -0.185. The Labute approximate surface area is 725 Å². The summed E-state index contributed by atoms with van der Waals surface area (Å²) in [5.74, 6) is 1.07. The van der Waals surface area contributed by atoms with Gasteiger partial charge in [-0.15, -0.1) is 0 Å². The number of amides is 1. The summed E-state index contributed by atoms with van der Waals surface area (Å²) in [6, 6.07) is 9.35. The monoisotopic (exact) mass is 1710 g/mol. The van der Waals surface area contributed by atoms with Gasteiger partial charge < -0.3 is 80.7 Å². The number of benzene rings is 1. The minimum atomic E-state index is -0.429. The molecule has 5 aliphatic rings. The molecule has 0 radical (unpaired) electrons. The van der Waals surface area contributed by atoms with Gasteiger partial charge in [-0.25, -0.2) is 38.4 Å². The average molecular weight is 1710 g/mol. The Hall–Kier alpha value is -9.05. The van der Waals surface area contributed by atoms with E-state index in [1.54, 1.807) is 17.2 Å². The molecule has 2 bridgehead atoms. The molecule has 3 aliphatic heterocycles. The van der Waals surface area contributed by atoms with Gasteiger partial charge in [0.15, 0.2) is 0 Å². The number of nitrogens with zero attached hydrogens (tertiary/aromatic N) is 1. The highest BCUT2D eigenvalue weighted by molar-refractivity contribution is 5.83. The molecule has 3 saturated heterocycles. The molecule has 5 fully saturated rings. The predicted octanol–water partition coefficient (Wildman–Crippen LogP) is 17.8. The second-order valence-electron chi connectivity index (χ2n) is 28.9. The summed E-state index contributed by atoms with van der Waals surface area (Å²) in [5, 5.41) is 0. The molecule has 6 rings (SSSR count). The maximum Gasteiger partial charge on any atom is 0.330 e. The Morgan fingerprint density at radius 1 is 0.521 bits per heavy atom. The Morgan fingerprint density at radius 3 is 1.43 bits per heavy atom. The molecule has 121 heavy (non-hydrogen) atoms. The molecule has 3 heterocycles. The predicted molar refractivity (Wildman–Crippen MR) is 474 cm³/mol. The molecule has 0 N–H and O–H groups in total. The van der Waals surface area contributed by atoms with Crippen LogP contribution in [0.5, 0.6) is 5.75 Å². The Morgan fingerprint density at radius 2 is 0.992 bits per heavy atom. The van der Waals surface area contributed by atoms with E-state index in [1.807, 2.05) is 58.0 Å². The minimum absolute atomic E-state index is 0.110.